The highest BCUT2D eigenvalue weighted by Crippen LogP contribution is 2.27. The van der Waals surface area contributed by atoms with Gasteiger partial charge in [-0.25, -0.2) is 0 Å². The first-order chi connectivity index (χ1) is 9.60. The van der Waals surface area contributed by atoms with Crippen molar-refractivity contribution in [1.82, 2.24) is 5.32 Å². The number of aliphatic hydroxyl groups excluding tert-OH is 1. The van der Waals surface area contributed by atoms with Gasteiger partial charge < -0.3 is 15.2 Å². The second-order valence-corrected chi connectivity index (χ2v) is 5.73. The van der Waals surface area contributed by atoms with E-state index in [2.05, 4.69) is 5.32 Å². The van der Waals surface area contributed by atoms with Gasteiger partial charge in [-0.3, -0.25) is 4.79 Å². The largest absolute Gasteiger partial charge is 0.484 e. The van der Waals surface area contributed by atoms with E-state index in [-0.39, 0.29) is 31.1 Å². The lowest BCUT2D eigenvalue weighted by Gasteiger charge is -2.19. The first-order valence-electron chi connectivity index (χ1n) is 6.58. The smallest absolute Gasteiger partial charge is 0.258 e. The van der Waals surface area contributed by atoms with Gasteiger partial charge in [0.1, 0.15) is 5.75 Å². The number of aliphatic hydroxyl groups is 1. The lowest BCUT2D eigenvalue weighted by atomic mass is 10.1. The van der Waals surface area contributed by atoms with Gasteiger partial charge in [0, 0.05) is 24.6 Å². The zero-order chi connectivity index (χ0) is 14.5. The molecule has 4 nitrogen and oxygen atoms in total. The Morgan fingerprint density at radius 3 is 2.85 bits per heavy atom. The fourth-order valence-electron chi connectivity index (χ4n) is 2.41. The number of amides is 1. The highest BCUT2D eigenvalue weighted by atomic mass is 35.5. The molecule has 0 bridgehead atoms. The fourth-order valence-corrected chi connectivity index (χ4v) is 2.70. The van der Waals surface area contributed by atoms with E-state index in [9.17, 15) is 9.90 Å². The molecule has 2 atom stereocenters. The van der Waals surface area contributed by atoms with Crippen molar-refractivity contribution in [2.45, 2.75) is 25.3 Å². The van der Waals surface area contributed by atoms with Crippen LogP contribution in [0.15, 0.2) is 18.2 Å². The predicted molar refractivity (Wildman–Crippen MR) is 78.3 cm³/mol. The van der Waals surface area contributed by atoms with Gasteiger partial charge in [-0.1, -0.05) is 29.6 Å². The summed E-state index contributed by atoms with van der Waals surface area (Å²) in [5, 5.41) is 12.9. The number of nitrogens with one attached hydrogen (secondary N) is 1. The molecule has 1 aliphatic carbocycles. The van der Waals surface area contributed by atoms with E-state index in [1.54, 1.807) is 18.2 Å². The Bertz CT molecular complexity index is 481. The Morgan fingerprint density at radius 2 is 2.15 bits per heavy atom. The molecule has 2 rings (SSSR count). The summed E-state index contributed by atoms with van der Waals surface area (Å²) in [6.45, 7) is 0.0329. The van der Waals surface area contributed by atoms with Crippen LogP contribution in [-0.2, 0) is 4.79 Å². The molecule has 1 aromatic carbocycles. The molecule has 1 aromatic rings. The van der Waals surface area contributed by atoms with Crippen LogP contribution in [-0.4, -0.2) is 30.3 Å². The van der Waals surface area contributed by atoms with Crippen molar-refractivity contribution in [2.24, 2.45) is 5.92 Å². The SMILES string of the molecule is O=C(COc1ccc(Cl)c(Cl)c1)NC1CCCC1CO. The summed E-state index contributed by atoms with van der Waals surface area (Å²) in [7, 11) is 0. The summed E-state index contributed by atoms with van der Waals surface area (Å²) in [5.41, 5.74) is 0. The number of benzene rings is 1. The van der Waals surface area contributed by atoms with E-state index in [0.29, 0.717) is 15.8 Å². The lowest BCUT2D eigenvalue weighted by Crippen LogP contribution is -2.40. The van der Waals surface area contributed by atoms with Crippen molar-refractivity contribution in [3.05, 3.63) is 28.2 Å². The van der Waals surface area contributed by atoms with E-state index in [1.165, 1.54) is 0 Å². The number of rotatable bonds is 5. The second kappa shape index (κ2) is 7.16. The maximum atomic E-state index is 11.8. The van der Waals surface area contributed by atoms with Gasteiger partial charge in [0.15, 0.2) is 6.61 Å². The molecule has 2 unspecified atom stereocenters. The number of ether oxygens (including phenoxy) is 1. The zero-order valence-corrected chi connectivity index (χ0v) is 12.5. The molecule has 1 amide bonds. The van der Waals surface area contributed by atoms with E-state index in [4.69, 9.17) is 27.9 Å². The molecule has 0 spiro atoms. The lowest BCUT2D eigenvalue weighted by molar-refractivity contribution is -0.124. The van der Waals surface area contributed by atoms with Crippen LogP contribution in [0, 0.1) is 5.92 Å². The highest BCUT2D eigenvalue weighted by molar-refractivity contribution is 6.42. The predicted octanol–water partition coefficient (Wildman–Crippen LogP) is 2.65. The molecule has 6 heteroatoms. The molecular formula is C14H17Cl2NO3. The molecule has 1 fully saturated rings. The molecular weight excluding hydrogens is 301 g/mol. The quantitative estimate of drug-likeness (QED) is 0.877. The van der Waals surface area contributed by atoms with Crippen LogP contribution in [0.1, 0.15) is 19.3 Å². The van der Waals surface area contributed by atoms with Crippen LogP contribution in [0.5, 0.6) is 5.75 Å². The topological polar surface area (TPSA) is 58.6 Å². The fraction of sp³-hybridized carbons (Fsp3) is 0.500. The third-order valence-electron chi connectivity index (χ3n) is 3.50. The number of hydrogen-bond acceptors (Lipinski definition) is 3. The molecule has 0 aliphatic heterocycles. The van der Waals surface area contributed by atoms with E-state index in [0.717, 1.165) is 19.3 Å². The average molecular weight is 318 g/mol. The van der Waals surface area contributed by atoms with Gasteiger partial charge in [0.25, 0.3) is 5.91 Å². The minimum atomic E-state index is -0.193. The van der Waals surface area contributed by atoms with Gasteiger partial charge in [0.2, 0.25) is 0 Å². The molecule has 1 aliphatic rings. The molecule has 20 heavy (non-hydrogen) atoms. The van der Waals surface area contributed by atoms with Crippen molar-refractivity contribution in [2.75, 3.05) is 13.2 Å². The summed E-state index contributed by atoms with van der Waals surface area (Å²) in [6.07, 6.45) is 2.89. The van der Waals surface area contributed by atoms with E-state index < -0.39 is 0 Å². The van der Waals surface area contributed by atoms with Gasteiger partial charge in [0.05, 0.1) is 10.0 Å². The number of carbonyl (C=O) groups is 1. The van der Waals surface area contributed by atoms with Gasteiger partial charge in [-0.2, -0.15) is 0 Å². The molecule has 2 N–H and O–H groups in total. The molecule has 0 heterocycles. The van der Waals surface area contributed by atoms with Crippen molar-refractivity contribution in [3.63, 3.8) is 0 Å². The Balaban J connectivity index is 1.81. The van der Waals surface area contributed by atoms with Crippen LogP contribution in [0.4, 0.5) is 0 Å². The summed E-state index contributed by atoms with van der Waals surface area (Å²) < 4.78 is 5.37. The van der Waals surface area contributed by atoms with Crippen LogP contribution in [0.3, 0.4) is 0 Å². The first kappa shape index (κ1) is 15.4. The van der Waals surface area contributed by atoms with Crippen LogP contribution >= 0.6 is 23.2 Å². The average Bonchev–Trinajstić information content (AvgIpc) is 2.87. The van der Waals surface area contributed by atoms with Crippen molar-refractivity contribution in [1.29, 1.82) is 0 Å². The minimum absolute atomic E-state index is 0.0462. The summed E-state index contributed by atoms with van der Waals surface area (Å²) >= 11 is 11.7. The normalized spacial score (nSPS) is 21.8. The molecule has 1 saturated carbocycles. The Hall–Kier alpha value is -0.970. The molecule has 0 saturated heterocycles. The Kier molecular flexibility index (Phi) is 5.52. The maximum Gasteiger partial charge on any atom is 0.258 e. The van der Waals surface area contributed by atoms with Crippen LogP contribution in [0.2, 0.25) is 10.0 Å². The van der Waals surface area contributed by atoms with Gasteiger partial charge in [-0.05, 0) is 25.0 Å². The van der Waals surface area contributed by atoms with E-state index in [1.807, 2.05) is 0 Å². The van der Waals surface area contributed by atoms with Crippen molar-refractivity contribution >= 4 is 29.1 Å². The van der Waals surface area contributed by atoms with Crippen molar-refractivity contribution < 1.29 is 14.6 Å². The molecule has 0 aromatic heterocycles. The first-order valence-corrected chi connectivity index (χ1v) is 7.34. The van der Waals surface area contributed by atoms with Gasteiger partial charge >= 0.3 is 0 Å². The highest BCUT2D eigenvalue weighted by Gasteiger charge is 2.27. The summed E-state index contributed by atoms with van der Waals surface area (Å²) in [4.78, 5) is 11.8. The summed E-state index contributed by atoms with van der Waals surface area (Å²) in [5.74, 6) is 0.463. The van der Waals surface area contributed by atoms with E-state index >= 15 is 0 Å². The van der Waals surface area contributed by atoms with Crippen LogP contribution < -0.4 is 10.1 Å². The third kappa shape index (κ3) is 4.01. The monoisotopic (exact) mass is 317 g/mol. The maximum absolute atomic E-state index is 11.8. The Labute approximate surface area is 128 Å². The number of halogens is 2. The molecule has 0 radical (unpaired) electrons. The standard InChI is InChI=1S/C14H17Cl2NO3/c15-11-5-4-10(6-12(11)16)20-8-14(19)17-13-3-1-2-9(13)7-18/h4-6,9,13,18H,1-3,7-8H2,(H,17,19). The minimum Gasteiger partial charge on any atom is -0.484 e. The molecule has 110 valence electrons. The van der Waals surface area contributed by atoms with Gasteiger partial charge in [-0.15, -0.1) is 0 Å². The number of carbonyl (C=O) groups excluding carboxylic acids is 1. The zero-order valence-electron chi connectivity index (χ0n) is 10.9. The third-order valence-corrected chi connectivity index (χ3v) is 4.24. The Morgan fingerprint density at radius 1 is 1.35 bits per heavy atom. The second-order valence-electron chi connectivity index (χ2n) is 4.91. The number of hydrogen-bond donors (Lipinski definition) is 2. The van der Waals surface area contributed by atoms with Crippen molar-refractivity contribution in [3.8, 4) is 5.75 Å². The van der Waals surface area contributed by atoms with Crippen LogP contribution in [0.25, 0.3) is 0 Å². The summed E-state index contributed by atoms with van der Waals surface area (Å²) in [6, 6.07) is 4.90.